The van der Waals surface area contributed by atoms with Crippen molar-refractivity contribution < 1.29 is 4.74 Å². The van der Waals surface area contributed by atoms with E-state index >= 15 is 0 Å². The Kier molecular flexibility index (Phi) is 8.53. The molecule has 1 aliphatic rings. The molecule has 0 saturated carbocycles. The first-order valence-corrected chi connectivity index (χ1v) is 14.0. The number of hydrogen-bond acceptors (Lipinski definition) is 1. The van der Waals surface area contributed by atoms with Crippen molar-refractivity contribution in [3.63, 3.8) is 0 Å². The van der Waals surface area contributed by atoms with Gasteiger partial charge < -0.3 is 4.74 Å². The van der Waals surface area contributed by atoms with E-state index in [4.69, 9.17) is 4.74 Å². The van der Waals surface area contributed by atoms with E-state index in [1.54, 1.807) is 12.7 Å². The maximum atomic E-state index is 5.39. The van der Waals surface area contributed by atoms with Gasteiger partial charge in [-0.2, -0.15) is 0 Å². The van der Waals surface area contributed by atoms with Gasteiger partial charge in [-0.1, -0.05) is 111 Å². The van der Waals surface area contributed by atoms with Crippen molar-refractivity contribution in [2.75, 3.05) is 7.11 Å². The van der Waals surface area contributed by atoms with E-state index in [9.17, 15) is 0 Å². The number of fused-ring (bicyclic) bond motifs is 3. The third-order valence-corrected chi connectivity index (χ3v) is 8.15. The Morgan fingerprint density at radius 1 is 0.647 bits per heavy atom. The first-order valence-electron chi connectivity index (χ1n) is 13.2. The molecule has 0 fully saturated rings. The van der Waals surface area contributed by atoms with Crippen LogP contribution in [0.2, 0.25) is 0 Å². The van der Waals surface area contributed by atoms with Crippen molar-refractivity contribution in [3.05, 3.63) is 76.3 Å². The lowest BCUT2D eigenvalue weighted by molar-refractivity contribution is 0.401. The van der Waals surface area contributed by atoms with Gasteiger partial charge in [0.05, 0.1) is 7.11 Å². The SMILES string of the molecule is CCCCCCC1(CCCCCC)c2cc(Br)ccc2-c2ccc(-c3ccc(OC)cc3)cc21. The molecule has 1 aliphatic carbocycles. The molecule has 0 amide bonds. The Morgan fingerprint density at radius 2 is 1.21 bits per heavy atom. The van der Waals surface area contributed by atoms with Crippen LogP contribution < -0.4 is 4.74 Å². The third kappa shape index (κ3) is 5.13. The highest BCUT2D eigenvalue weighted by Crippen LogP contribution is 2.55. The third-order valence-electron chi connectivity index (χ3n) is 7.66. The predicted octanol–water partition coefficient (Wildman–Crippen LogP) is 10.3. The lowest BCUT2D eigenvalue weighted by Gasteiger charge is -2.33. The first kappa shape index (κ1) is 25.0. The molecule has 3 aromatic carbocycles. The number of halogens is 1. The largest absolute Gasteiger partial charge is 0.497 e. The zero-order valence-electron chi connectivity index (χ0n) is 21.1. The van der Waals surface area contributed by atoms with Crippen molar-refractivity contribution in [1.29, 1.82) is 0 Å². The Morgan fingerprint density at radius 3 is 1.79 bits per heavy atom. The highest BCUT2D eigenvalue weighted by atomic mass is 79.9. The van der Waals surface area contributed by atoms with Crippen LogP contribution in [0.1, 0.15) is 89.2 Å². The van der Waals surface area contributed by atoms with Gasteiger partial charge in [0.25, 0.3) is 0 Å². The van der Waals surface area contributed by atoms with Crippen LogP contribution in [0.3, 0.4) is 0 Å². The molecule has 0 radical (unpaired) electrons. The summed E-state index contributed by atoms with van der Waals surface area (Å²) in [7, 11) is 1.73. The summed E-state index contributed by atoms with van der Waals surface area (Å²) in [6, 6.07) is 22.7. The Balaban J connectivity index is 1.80. The molecule has 0 aliphatic heterocycles. The van der Waals surface area contributed by atoms with Crippen LogP contribution in [0.15, 0.2) is 65.1 Å². The van der Waals surface area contributed by atoms with Crippen LogP contribution in [0.5, 0.6) is 5.75 Å². The fourth-order valence-electron chi connectivity index (χ4n) is 5.80. The molecule has 0 saturated heterocycles. The van der Waals surface area contributed by atoms with Crippen LogP contribution in [0, 0.1) is 0 Å². The van der Waals surface area contributed by atoms with Crippen molar-refractivity contribution in [3.8, 4) is 28.0 Å². The van der Waals surface area contributed by atoms with E-state index < -0.39 is 0 Å². The minimum absolute atomic E-state index is 0.110. The van der Waals surface area contributed by atoms with Crippen LogP contribution in [-0.2, 0) is 5.41 Å². The summed E-state index contributed by atoms with van der Waals surface area (Å²) in [4.78, 5) is 0. The number of methoxy groups -OCH3 is 1. The predicted molar refractivity (Wildman–Crippen MR) is 150 cm³/mol. The summed E-state index contributed by atoms with van der Waals surface area (Å²) in [5.41, 5.74) is 8.62. The van der Waals surface area contributed by atoms with E-state index in [0.29, 0.717) is 0 Å². The minimum atomic E-state index is 0.110. The van der Waals surface area contributed by atoms with Crippen LogP contribution >= 0.6 is 15.9 Å². The van der Waals surface area contributed by atoms with Gasteiger partial charge in [-0.05, 0) is 76.6 Å². The summed E-state index contributed by atoms with van der Waals surface area (Å²) in [6.45, 7) is 4.61. The van der Waals surface area contributed by atoms with Crippen molar-refractivity contribution in [2.24, 2.45) is 0 Å². The van der Waals surface area contributed by atoms with E-state index in [0.717, 1.165) is 5.75 Å². The molecule has 34 heavy (non-hydrogen) atoms. The van der Waals surface area contributed by atoms with Gasteiger partial charge in [-0.15, -0.1) is 0 Å². The number of benzene rings is 3. The van der Waals surface area contributed by atoms with Gasteiger partial charge in [0.2, 0.25) is 0 Å². The molecule has 0 aromatic heterocycles. The fraction of sp³-hybridized carbons (Fsp3) is 0.438. The van der Waals surface area contributed by atoms with E-state index in [-0.39, 0.29) is 5.41 Å². The average Bonchev–Trinajstić information content (AvgIpc) is 3.13. The summed E-state index contributed by atoms with van der Waals surface area (Å²) in [6.07, 6.45) is 12.9. The van der Waals surface area contributed by atoms with Crippen molar-refractivity contribution in [1.82, 2.24) is 0 Å². The number of unbranched alkanes of at least 4 members (excludes halogenated alkanes) is 6. The first-order chi connectivity index (χ1) is 16.6. The molecular formula is C32H39BrO. The molecule has 0 unspecified atom stereocenters. The minimum Gasteiger partial charge on any atom is -0.497 e. The highest BCUT2D eigenvalue weighted by molar-refractivity contribution is 9.10. The zero-order valence-corrected chi connectivity index (χ0v) is 22.7. The highest BCUT2D eigenvalue weighted by Gasteiger charge is 2.42. The monoisotopic (exact) mass is 518 g/mol. The van der Waals surface area contributed by atoms with Gasteiger partial charge in [0, 0.05) is 9.89 Å². The molecule has 180 valence electrons. The quantitative estimate of drug-likeness (QED) is 0.216. The Labute approximate surface area is 215 Å². The molecule has 1 nitrogen and oxygen atoms in total. The van der Waals surface area contributed by atoms with E-state index in [1.165, 1.54) is 96.5 Å². The molecule has 2 heteroatoms. The van der Waals surface area contributed by atoms with Gasteiger partial charge in [-0.25, -0.2) is 0 Å². The molecule has 0 heterocycles. The lowest BCUT2D eigenvalue weighted by Crippen LogP contribution is -2.25. The van der Waals surface area contributed by atoms with Crippen LogP contribution in [0.4, 0.5) is 0 Å². The molecule has 0 atom stereocenters. The normalized spacial score (nSPS) is 13.5. The van der Waals surface area contributed by atoms with Crippen LogP contribution in [-0.4, -0.2) is 7.11 Å². The van der Waals surface area contributed by atoms with Gasteiger partial charge in [-0.3, -0.25) is 0 Å². The molecule has 3 aromatic rings. The number of ether oxygens (including phenoxy) is 1. The maximum Gasteiger partial charge on any atom is 0.118 e. The van der Waals surface area contributed by atoms with Gasteiger partial charge in [0.1, 0.15) is 5.75 Å². The van der Waals surface area contributed by atoms with Gasteiger partial charge in [0.15, 0.2) is 0 Å². The Hall–Kier alpha value is -2.06. The number of rotatable bonds is 12. The summed E-state index contributed by atoms with van der Waals surface area (Å²) >= 11 is 3.80. The smallest absolute Gasteiger partial charge is 0.118 e. The zero-order chi connectivity index (χ0) is 24.0. The Bertz CT molecular complexity index is 1070. The summed E-state index contributed by atoms with van der Waals surface area (Å²) in [5.74, 6) is 0.906. The van der Waals surface area contributed by atoms with E-state index in [2.05, 4.69) is 90.4 Å². The lowest BCUT2D eigenvalue weighted by atomic mass is 9.70. The second kappa shape index (κ2) is 11.6. The molecular weight excluding hydrogens is 480 g/mol. The summed E-state index contributed by atoms with van der Waals surface area (Å²) < 4.78 is 6.58. The molecule has 0 spiro atoms. The number of hydrogen-bond donors (Lipinski definition) is 0. The second-order valence-electron chi connectivity index (χ2n) is 9.88. The second-order valence-corrected chi connectivity index (χ2v) is 10.8. The average molecular weight is 520 g/mol. The molecule has 4 rings (SSSR count). The molecule has 0 bridgehead atoms. The van der Waals surface area contributed by atoms with Gasteiger partial charge >= 0.3 is 0 Å². The van der Waals surface area contributed by atoms with Crippen LogP contribution in [0.25, 0.3) is 22.3 Å². The molecule has 0 N–H and O–H groups in total. The van der Waals surface area contributed by atoms with E-state index in [1.807, 2.05) is 0 Å². The maximum absolute atomic E-state index is 5.39. The van der Waals surface area contributed by atoms with Crippen molar-refractivity contribution >= 4 is 15.9 Å². The summed E-state index contributed by atoms with van der Waals surface area (Å²) in [5, 5.41) is 0. The fourth-order valence-corrected chi connectivity index (χ4v) is 6.16. The van der Waals surface area contributed by atoms with Crippen molar-refractivity contribution in [2.45, 2.75) is 83.5 Å². The standard InChI is InChI=1S/C32H39BrO/c1-4-6-8-10-20-32(21-11-9-7-5-2)30-22-25(24-12-16-27(34-3)17-13-24)14-18-28(30)29-19-15-26(33)23-31(29)32/h12-19,22-23H,4-11,20-21H2,1-3H3. The topological polar surface area (TPSA) is 9.23 Å².